The molecule has 128 valence electrons. The topological polar surface area (TPSA) is 61.8 Å². The summed E-state index contributed by atoms with van der Waals surface area (Å²) < 4.78 is 17.6. The van der Waals surface area contributed by atoms with E-state index in [4.69, 9.17) is 27.9 Å². The number of aromatic hydroxyl groups is 1. The summed E-state index contributed by atoms with van der Waals surface area (Å²) in [6.07, 6.45) is 1.86. The number of likely N-dealkylation sites (tertiary alicyclic amines) is 1. The van der Waals surface area contributed by atoms with E-state index in [0.29, 0.717) is 13.1 Å². The van der Waals surface area contributed by atoms with Crippen molar-refractivity contribution in [2.45, 2.75) is 18.9 Å². The standard InChI is InChI=1S/C15H19Cl2FN2O3/c1-23-14-11(17)7-10(16)13(21)12(14)15(22)19-8-9-3-2-5-20(9)6-4-18/h7,9,21H,2-6,8H2,1H3,(H,19,22)/t9-/m0/s1. The van der Waals surface area contributed by atoms with Crippen molar-refractivity contribution in [3.8, 4) is 11.5 Å². The van der Waals surface area contributed by atoms with Gasteiger partial charge in [0.2, 0.25) is 0 Å². The van der Waals surface area contributed by atoms with Gasteiger partial charge in [-0.2, -0.15) is 0 Å². The lowest BCUT2D eigenvalue weighted by atomic mass is 10.1. The number of nitrogens with one attached hydrogen (secondary N) is 1. The summed E-state index contributed by atoms with van der Waals surface area (Å²) >= 11 is 11.9. The number of benzene rings is 1. The summed E-state index contributed by atoms with van der Waals surface area (Å²) in [5.41, 5.74) is -0.0972. The van der Waals surface area contributed by atoms with Crippen molar-refractivity contribution in [2.75, 3.05) is 33.4 Å². The van der Waals surface area contributed by atoms with Crippen molar-refractivity contribution in [3.05, 3.63) is 21.7 Å². The molecule has 1 aromatic rings. The van der Waals surface area contributed by atoms with E-state index >= 15 is 0 Å². The molecule has 0 spiro atoms. The average Bonchev–Trinajstić information content (AvgIpc) is 2.96. The molecule has 2 N–H and O–H groups in total. The number of halogens is 3. The quantitative estimate of drug-likeness (QED) is 0.814. The summed E-state index contributed by atoms with van der Waals surface area (Å²) in [4.78, 5) is 14.4. The van der Waals surface area contributed by atoms with E-state index in [1.165, 1.54) is 13.2 Å². The van der Waals surface area contributed by atoms with Crippen molar-refractivity contribution in [1.82, 2.24) is 10.2 Å². The molecule has 0 bridgehead atoms. The van der Waals surface area contributed by atoms with Crippen molar-refractivity contribution in [1.29, 1.82) is 0 Å². The van der Waals surface area contributed by atoms with Crippen LogP contribution < -0.4 is 10.1 Å². The number of methoxy groups -OCH3 is 1. The normalized spacial score (nSPS) is 18.2. The zero-order valence-corrected chi connectivity index (χ0v) is 14.3. The first-order valence-corrected chi connectivity index (χ1v) is 8.08. The first-order valence-electron chi connectivity index (χ1n) is 7.32. The molecule has 1 atom stereocenters. The lowest BCUT2D eigenvalue weighted by Crippen LogP contribution is -2.41. The Labute approximate surface area is 144 Å². The molecule has 5 nitrogen and oxygen atoms in total. The van der Waals surface area contributed by atoms with Crippen LogP contribution in [0.5, 0.6) is 11.5 Å². The fraction of sp³-hybridized carbons (Fsp3) is 0.533. The van der Waals surface area contributed by atoms with Gasteiger partial charge in [0, 0.05) is 19.1 Å². The molecule has 1 amide bonds. The molecule has 1 aliphatic heterocycles. The number of nitrogens with zero attached hydrogens (tertiary/aromatic N) is 1. The van der Waals surface area contributed by atoms with Gasteiger partial charge in [-0.15, -0.1) is 0 Å². The van der Waals surface area contributed by atoms with Crippen LogP contribution in [0, 0.1) is 0 Å². The average molecular weight is 365 g/mol. The molecule has 0 saturated carbocycles. The van der Waals surface area contributed by atoms with Crippen LogP contribution in [0.15, 0.2) is 6.07 Å². The third kappa shape index (κ3) is 4.00. The van der Waals surface area contributed by atoms with Gasteiger partial charge in [-0.3, -0.25) is 9.69 Å². The van der Waals surface area contributed by atoms with Crippen LogP contribution in [-0.2, 0) is 0 Å². The molecule has 23 heavy (non-hydrogen) atoms. The highest BCUT2D eigenvalue weighted by molar-refractivity contribution is 6.37. The number of carbonyl (C=O) groups excluding carboxylic acids is 1. The van der Waals surface area contributed by atoms with Gasteiger partial charge in [0.1, 0.15) is 12.2 Å². The monoisotopic (exact) mass is 364 g/mol. The molecule has 8 heteroatoms. The lowest BCUT2D eigenvalue weighted by Gasteiger charge is -2.23. The van der Waals surface area contributed by atoms with E-state index < -0.39 is 12.6 Å². The van der Waals surface area contributed by atoms with E-state index in [9.17, 15) is 14.3 Å². The summed E-state index contributed by atoms with van der Waals surface area (Å²) in [7, 11) is 1.35. The third-order valence-electron chi connectivity index (χ3n) is 3.96. The maximum atomic E-state index is 12.5. The van der Waals surface area contributed by atoms with Gasteiger partial charge >= 0.3 is 0 Å². The predicted octanol–water partition coefficient (Wildman–Crippen LogP) is 2.87. The number of phenols is 1. The molecule has 0 radical (unpaired) electrons. The van der Waals surface area contributed by atoms with Gasteiger partial charge in [-0.1, -0.05) is 23.2 Å². The van der Waals surface area contributed by atoms with Gasteiger partial charge in [0.05, 0.1) is 17.2 Å². The molecule has 0 aromatic heterocycles. The van der Waals surface area contributed by atoms with Crippen LogP contribution in [-0.4, -0.2) is 55.4 Å². The second-order valence-electron chi connectivity index (χ2n) is 5.33. The van der Waals surface area contributed by atoms with Gasteiger partial charge in [-0.05, 0) is 25.5 Å². The number of phenolic OH excluding ortho intramolecular Hbond substituents is 1. The van der Waals surface area contributed by atoms with E-state index in [1.807, 2.05) is 4.90 Å². The first kappa shape index (κ1) is 18.1. The third-order valence-corrected chi connectivity index (χ3v) is 4.53. The fourth-order valence-corrected chi connectivity index (χ4v) is 3.37. The van der Waals surface area contributed by atoms with Crippen molar-refractivity contribution in [2.24, 2.45) is 0 Å². The SMILES string of the molecule is COc1c(Cl)cc(Cl)c(O)c1C(=O)NC[C@@H]1CCCN1CCF. The Morgan fingerprint density at radius 2 is 2.26 bits per heavy atom. The van der Waals surface area contributed by atoms with Crippen LogP contribution >= 0.6 is 23.2 Å². The molecular weight excluding hydrogens is 346 g/mol. The van der Waals surface area contributed by atoms with Crippen LogP contribution in [0.3, 0.4) is 0 Å². The largest absolute Gasteiger partial charge is 0.505 e. The number of alkyl halides is 1. The molecule has 1 saturated heterocycles. The molecule has 1 aliphatic rings. The van der Waals surface area contributed by atoms with Gasteiger partial charge < -0.3 is 15.2 Å². The Balaban J connectivity index is 2.12. The minimum Gasteiger partial charge on any atom is -0.505 e. The maximum Gasteiger partial charge on any atom is 0.259 e. The molecule has 2 rings (SSSR count). The summed E-state index contributed by atoms with van der Waals surface area (Å²) in [5, 5.41) is 12.9. The zero-order chi connectivity index (χ0) is 17.0. The molecular formula is C15H19Cl2FN2O3. The summed E-state index contributed by atoms with van der Waals surface area (Å²) in [5.74, 6) is -0.841. The second kappa shape index (κ2) is 8.04. The highest BCUT2D eigenvalue weighted by atomic mass is 35.5. The highest BCUT2D eigenvalue weighted by Crippen LogP contribution is 2.40. The van der Waals surface area contributed by atoms with E-state index in [1.54, 1.807) is 0 Å². The van der Waals surface area contributed by atoms with Crippen LogP contribution in [0.2, 0.25) is 10.0 Å². The minimum absolute atomic E-state index is 0.0270. The fourth-order valence-electron chi connectivity index (χ4n) is 2.83. The highest BCUT2D eigenvalue weighted by Gasteiger charge is 2.27. The predicted molar refractivity (Wildman–Crippen MR) is 87.6 cm³/mol. The zero-order valence-electron chi connectivity index (χ0n) is 12.7. The number of ether oxygens (including phenoxy) is 1. The van der Waals surface area contributed by atoms with Crippen molar-refractivity contribution in [3.63, 3.8) is 0 Å². The smallest absolute Gasteiger partial charge is 0.259 e. The molecule has 1 aromatic carbocycles. The number of rotatable bonds is 6. The molecule has 0 unspecified atom stereocenters. The van der Waals surface area contributed by atoms with Crippen molar-refractivity contribution < 1.29 is 19.0 Å². The minimum atomic E-state index is -0.532. The van der Waals surface area contributed by atoms with Gasteiger partial charge in [0.25, 0.3) is 5.91 Å². The Bertz CT molecular complexity index is 586. The Morgan fingerprint density at radius 3 is 2.91 bits per heavy atom. The number of carbonyl (C=O) groups is 1. The van der Waals surface area contributed by atoms with E-state index in [2.05, 4.69) is 5.32 Å². The first-order chi connectivity index (χ1) is 11.0. The van der Waals surface area contributed by atoms with E-state index in [-0.39, 0.29) is 33.1 Å². The van der Waals surface area contributed by atoms with Gasteiger partial charge in [-0.25, -0.2) is 4.39 Å². The number of amides is 1. The van der Waals surface area contributed by atoms with Crippen LogP contribution in [0.4, 0.5) is 4.39 Å². The molecule has 0 aliphatic carbocycles. The Kier molecular flexibility index (Phi) is 6.33. The maximum absolute atomic E-state index is 12.5. The number of hydrogen-bond donors (Lipinski definition) is 2. The lowest BCUT2D eigenvalue weighted by molar-refractivity contribution is 0.0934. The van der Waals surface area contributed by atoms with E-state index in [0.717, 1.165) is 19.4 Å². The number of hydrogen-bond acceptors (Lipinski definition) is 4. The Morgan fingerprint density at radius 1 is 1.52 bits per heavy atom. The van der Waals surface area contributed by atoms with Crippen LogP contribution in [0.1, 0.15) is 23.2 Å². The Hall–Kier alpha value is -1.24. The summed E-state index contributed by atoms with van der Waals surface area (Å²) in [6.45, 7) is 1.12. The summed E-state index contributed by atoms with van der Waals surface area (Å²) in [6, 6.07) is 1.39. The second-order valence-corrected chi connectivity index (χ2v) is 6.14. The molecule has 1 heterocycles. The molecule has 1 fully saturated rings. The van der Waals surface area contributed by atoms with Crippen molar-refractivity contribution >= 4 is 29.1 Å². The van der Waals surface area contributed by atoms with Crippen LogP contribution in [0.25, 0.3) is 0 Å². The van der Waals surface area contributed by atoms with Gasteiger partial charge in [0.15, 0.2) is 11.5 Å².